The highest BCUT2D eigenvalue weighted by Crippen LogP contribution is 2.26. The van der Waals surface area contributed by atoms with Gasteiger partial charge < -0.3 is 9.15 Å². The van der Waals surface area contributed by atoms with Crippen molar-refractivity contribution in [1.82, 2.24) is 14.5 Å². The maximum absolute atomic E-state index is 12.9. The first-order valence-corrected chi connectivity index (χ1v) is 10.5. The molecule has 1 N–H and O–H groups in total. The van der Waals surface area contributed by atoms with Gasteiger partial charge in [0.05, 0.1) is 4.90 Å². The summed E-state index contributed by atoms with van der Waals surface area (Å²) in [5, 5.41) is 9.90. The summed E-state index contributed by atoms with van der Waals surface area (Å²) in [6.45, 7) is 5.28. The van der Waals surface area contributed by atoms with Gasteiger partial charge in [0, 0.05) is 25.8 Å². The van der Waals surface area contributed by atoms with Gasteiger partial charge in [-0.2, -0.15) is 4.31 Å². The van der Waals surface area contributed by atoms with Crippen molar-refractivity contribution in [2.45, 2.75) is 31.8 Å². The Labute approximate surface area is 164 Å². The molecule has 1 aliphatic rings. The van der Waals surface area contributed by atoms with Gasteiger partial charge in [-0.25, -0.2) is 8.42 Å². The normalized spacial score (nSPS) is 20.8. The van der Waals surface area contributed by atoms with Crippen LogP contribution in [0.3, 0.4) is 0 Å². The summed E-state index contributed by atoms with van der Waals surface area (Å²) in [6.07, 6.45) is 1.02. The van der Waals surface area contributed by atoms with E-state index in [1.165, 1.54) is 35.7 Å². The van der Waals surface area contributed by atoms with Crippen LogP contribution >= 0.6 is 0 Å². The Hall–Kier alpha value is -2.30. The van der Waals surface area contributed by atoms with Crippen LogP contribution in [0.15, 0.2) is 33.6 Å². The number of hydrogen-bond acceptors (Lipinski definition) is 7. The molecule has 2 aromatic rings. The first-order valence-electron chi connectivity index (χ1n) is 9.02. The second kappa shape index (κ2) is 8.38. The average Bonchev–Trinajstić information content (AvgIpc) is 3.08. The maximum Gasteiger partial charge on any atom is 0.322 e. The molecule has 0 radical (unpaired) electrons. The van der Waals surface area contributed by atoms with E-state index in [0.29, 0.717) is 24.9 Å². The SMILES string of the molecule is COCc1nnc(NC(=O)c2ccc(S(=O)(=O)N3C[C@H](C)C[C@H](C)C3)cc2)o1. The smallest absolute Gasteiger partial charge is 0.322 e. The van der Waals surface area contributed by atoms with E-state index in [9.17, 15) is 13.2 Å². The zero-order valence-corrected chi connectivity index (χ0v) is 16.9. The van der Waals surface area contributed by atoms with Crippen LogP contribution in [0, 0.1) is 11.8 Å². The predicted molar refractivity (Wildman–Crippen MR) is 101 cm³/mol. The van der Waals surface area contributed by atoms with Gasteiger partial charge >= 0.3 is 6.01 Å². The minimum Gasteiger partial charge on any atom is -0.405 e. The number of aromatic nitrogens is 2. The third-order valence-electron chi connectivity index (χ3n) is 4.54. The number of rotatable bonds is 6. The van der Waals surface area contributed by atoms with Crippen molar-refractivity contribution in [1.29, 1.82) is 0 Å². The van der Waals surface area contributed by atoms with Gasteiger partial charge in [-0.05, 0) is 42.5 Å². The molecular formula is C18H24N4O5S. The van der Waals surface area contributed by atoms with E-state index in [-0.39, 0.29) is 29.0 Å². The zero-order valence-electron chi connectivity index (χ0n) is 16.1. The molecule has 1 aromatic heterocycles. The predicted octanol–water partition coefficient (Wildman–Crippen LogP) is 2.13. The Morgan fingerprint density at radius 3 is 2.46 bits per heavy atom. The minimum atomic E-state index is -3.59. The van der Waals surface area contributed by atoms with Crippen molar-refractivity contribution in [2.24, 2.45) is 11.8 Å². The molecule has 1 fully saturated rings. The Morgan fingerprint density at radius 1 is 1.21 bits per heavy atom. The van der Waals surface area contributed by atoms with E-state index >= 15 is 0 Å². The van der Waals surface area contributed by atoms with E-state index in [2.05, 4.69) is 29.4 Å². The second-order valence-electron chi connectivity index (χ2n) is 7.18. The van der Waals surface area contributed by atoms with Crippen molar-refractivity contribution >= 4 is 21.9 Å². The van der Waals surface area contributed by atoms with E-state index in [4.69, 9.17) is 9.15 Å². The van der Waals surface area contributed by atoms with Crippen LogP contribution in [0.2, 0.25) is 0 Å². The molecule has 28 heavy (non-hydrogen) atoms. The summed E-state index contributed by atoms with van der Waals surface area (Å²) < 4.78 is 37.4. The number of piperidine rings is 1. The lowest BCUT2D eigenvalue weighted by Gasteiger charge is -2.34. The highest BCUT2D eigenvalue weighted by molar-refractivity contribution is 7.89. The van der Waals surface area contributed by atoms with Crippen LogP contribution in [-0.4, -0.2) is 49.0 Å². The van der Waals surface area contributed by atoms with Gasteiger partial charge in [0.2, 0.25) is 15.9 Å². The fraction of sp³-hybridized carbons (Fsp3) is 0.500. The highest BCUT2D eigenvalue weighted by Gasteiger charge is 2.31. The first-order chi connectivity index (χ1) is 13.3. The number of anilines is 1. The lowest BCUT2D eigenvalue weighted by Crippen LogP contribution is -2.42. The highest BCUT2D eigenvalue weighted by atomic mass is 32.2. The Balaban J connectivity index is 1.70. The summed E-state index contributed by atoms with van der Waals surface area (Å²) in [7, 11) is -2.10. The third kappa shape index (κ3) is 4.57. The number of hydrogen-bond donors (Lipinski definition) is 1. The molecule has 0 spiro atoms. The first kappa shape index (κ1) is 20.4. The zero-order chi connectivity index (χ0) is 20.3. The summed E-state index contributed by atoms with van der Waals surface area (Å²) in [5.41, 5.74) is 0.283. The fourth-order valence-corrected chi connectivity index (χ4v) is 5.06. The molecule has 1 saturated heterocycles. The van der Waals surface area contributed by atoms with Crippen molar-refractivity contribution in [2.75, 3.05) is 25.5 Å². The number of nitrogens with zero attached hydrogens (tertiary/aromatic N) is 3. The number of carbonyl (C=O) groups excluding carboxylic acids is 1. The molecule has 3 rings (SSSR count). The number of benzene rings is 1. The second-order valence-corrected chi connectivity index (χ2v) is 9.12. The van der Waals surface area contributed by atoms with Crippen molar-refractivity contribution in [3.63, 3.8) is 0 Å². The van der Waals surface area contributed by atoms with E-state index in [0.717, 1.165) is 6.42 Å². The Kier molecular flexibility index (Phi) is 6.11. The quantitative estimate of drug-likeness (QED) is 0.778. The Bertz CT molecular complexity index is 916. The van der Waals surface area contributed by atoms with Crippen LogP contribution in [0.5, 0.6) is 0 Å². The van der Waals surface area contributed by atoms with Crippen LogP contribution < -0.4 is 5.32 Å². The van der Waals surface area contributed by atoms with Crippen LogP contribution in [-0.2, 0) is 21.4 Å². The maximum atomic E-state index is 12.9. The molecule has 2 atom stereocenters. The summed E-state index contributed by atoms with van der Waals surface area (Å²) in [4.78, 5) is 12.5. The van der Waals surface area contributed by atoms with E-state index < -0.39 is 15.9 Å². The third-order valence-corrected chi connectivity index (χ3v) is 6.39. The van der Waals surface area contributed by atoms with Gasteiger partial charge in [-0.3, -0.25) is 10.1 Å². The lowest BCUT2D eigenvalue weighted by molar-refractivity contribution is 0.102. The molecule has 1 amide bonds. The fourth-order valence-electron chi connectivity index (χ4n) is 3.38. The molecule has 9 nitrogen and oxygen atoms in total. The molecule has 1 aromatic carbocycles. The molecule has 0 unspecified atom stereocenters. The number of carbonyl (C=O) groups is 1. The molecule has 10 heteroatoms. The Morgan fingerprint density at radius 2 is 1.86 bits per heavy atom. The van der Waals surface area contributed by atoms with Gasteiger partial charge in [0.25, 0.3) is 5.91 Å². The number of ether oxygens (including phenoxy) is 1. The van der Waals surface area contributed by atoms with Gasteiger partial charge in [0.15, 0.2) is 0 Å². The van der Waals surface area contributed by atoms with Crippen LogP contribution in [0.1, 0.15) is 36.5 Å². The van der Waals surface area contributed by atoms with Crippen LogP contribution in [0.25, 0.3) is 0 Å². The lowest BCUT2D eigenvalue weighted by atomic mass is 9.94. The van der Waals surface area contributed by atoms with E-state index in [1.807, 2.05) is 0 Å². The summed E-state index contributed by atoms with van der Waals surface area (Å²) in [5.74, 6) is 0.406. The summed E-state index contributed by atoms with van der Waals surface area (Å²) >= 11 is 0. The molecule has 0 aliphatic carbocycles. The van der Waals surface area contributed by atoms with Gasteiger partial charge in [-0.15, -0.1) is 5.10 Å². The van der Waals surface area contributed by atoms with E-state index in [1.54, 1.807) is 0 Å². The topological polar surface area (TPSA) is 115 Å². The minimum absolute atomic E-state index is 0.0509. The van der Waals surface area contributed by atoms with Gasteiger partial charge in [0.1, 0.15) is 6.61 Å². The molecule has 152 valence electrons. The number of amides is 1. The van der Waals surface area contributed by atoms with Crippen molar-refractivity contribution < 1.29 is 22.4 Å². The van der Waals surface area contributed by atoms with Crippen molar-refractivity contribution in [3.05, 3.63) is 35.7 Å². The molecule has 0 bridgehead atoms. The standard InChI is InChI=1S/C18H24N4O5S/c1-12-8-13(2)10-22(9-12)28(24,25)15-6-4-14(5-7-15)17(23)19-18-21-20-16(27-18)11-26-3/h4-7,12-13H,8-11H2,1-3H3,(H,19,21,23)/t12-,13+. The van der Waals surface area contributed by atoms with Crippen molar-refractivity contribution in [3.8, 4) is 0 Å². The number of methoxy groups -OCH3 is 1. The molecule has 2 heterocycles. The average molecular weight is 408 g/mol. The largest absolute Gasteiger partial charge is 0.405 e. The van der Waals surface area contributed by atoms with Crippen LogP contribution in [0.4, 0.5) is 6.01 Å². The molecular weight excluding hydrogens is 384 g/mol. The monoisotopic (exact) mass is 408 g/mol. The molecule has 1 aliphatic heterocycles. The molecule has 0 saturated carbocycles. The summed E-state index contributed by atoms with van der Waals surface area (Å²) in [6, 6.07) is 5.76. The van der Waals surface area contributed by atoms with Gasteiger partial charge in [-0.1, -0.05) is 18.9 Å². The number of nitrogens with one attached hydrogen (secondary N) is 1. The number of sulfonamides is 1.